The molecule has 0 aliphatic carbocycles. The molecule has 0 bridgehead atoms. The first-order valence-electron chi connectivity index (χ1n) is 10.0. The molecule has 4 heterocycles. The van der Waals surface area contributed by atoms with E-state index in [0.29, 0.717) is 11.0 Å². The minimum Gasteiger partial charge on any atom is -0.392 e. The summed E-state index contributed by atoms with van der Waals surface area (Å²) in [4.78, 5) is 29.0. The van der Waals surface area contributed by atoms with Gasteiger partial charge in [0, 0.05) is 12.4 Å². The van der Waals surface area contributed by atoms with Gasteiger partial charge in [-0.2, -0.15) is 0 Å². The third kappa shape index (κ3) is 3.27. The van der Waals surface area contributed by atoms with E-state index < -0.39 is 0 Å². The van der Waals surface area contributed by atoms with E-state index in [2.05, 4.69) is 9.97 Å². The summed E-state index contributed by atoms with van der Waals surface area (Å²) in [5.41, 5.74) is 5.92. The number of H-pyrrole nitrogens is 2. The van der Waals surface area contributed by atoms with Gasteiger partial charge in [0.1, 0.15) is 11.0 Å². The quantitative estimate of drug-likeness (QED) is 0.339. The largest absolute Gasteiger partial charge is 0.392 e. The molecule has 8 heteroatoms. The molecule has 0 atom stereocenters. The highest BCUT2D eigenvalue weighted by atomic mass is 16.3. The lowest BCUT2D eigenvalue weighted by Gasteiger charge is -2.04. The number of fused-ring (bicyclic) bond motifs is 6. The Balaban J connectivity index is 0.000000135. The first-order valence-corrected chi connectivity index (χ1v) is 10.0. The molecule has 0 amide bonds. The standard InChI is InChI=1S/2C12H10N2O2/c2*15-7-8-3-4-10-9(6-8)13-12(16)11-2-1-5-14(10)11/h2*1-6,15H,7H2,(H,13,16). The molecule has 160 valence electrons. The lowest BCUT2D eigenvalue weighted by molar-refractivity contribution is 0.282. The van der Waals surface area contributed by atoms with Gasteiger partial charge in [0.2, 0.25) is 0 Å². The monoisotopic (exact) mass is 428 g/mol. The van der Waals surface area contributed by atoms with Gasteiger partial charge in [0.05, 0.1) is 35.3 Å². The summed E-state index contributed by atoms with van der Waals surface area (Å²) in [5, 5.41) is 18.1. The van der Waals surface area contributed by atoms with Crippen LogP contribution in [0, 0.1) is 0 Å². The average molecular weight is 428 g/mol. The fourth-order valence-electron chi connectivity index (χ4n) is 3.91. The normalized spacial score (nSPS) is 11.3. The number of nitrogens with one attached hydrogen (secondary N) is 2. The summed E-state index contributed by atoms with van der Waals surface area (Å²) in [6.07, 6.45) is 3.71. The maximum atomic E-state index is 11.7. The number of aliphatic hydroxyl groups is 2. The van der Waals surface area contributed by atoms with Gasteiger partial charge < -0.3 is 29.0 Å². The number of aliphatic hydroxyl groups excluding tert-OH is 2. The zero-order valence-electron chi connectivity index (χ0n) is 16.9. The Morgan fingerprint density at radius 3 is 1.47 bits per heavy atom. The molecular formula is C24H20N4O4. The topological polar surface area (TPSA) is 115 Å². The van der Waals surface area contributed by atoms with Crippen molar-refractivity contribution >= 4 is 33.1 Å². The van der Waals surface area contributed by atoms with E-state index >= 15 is 0 Å². The second-order valence-corrected chi connectivity index (χ2v) is 7.45. The zero-order valence-corrected chi connectivity index (χ0v) is 16.9. The first kappa shape index (κ1) is 19.8. The molecule has 0 spiro atoms. The highest BCUT2D eigenvalue weighted by Gasteiger charge is 2.05. The second-order valence-electron chi connectivity index (χ2n) is 7.45. The fourth-order valence-corrected chi connectivity index (χ4v) is 3.91. The average Bonchev–Trinajstić information content (AvgIpc) is 3.50. The predicted molar refractivity (Wildman–Crippen MR) is 123 cm³/mol. The molecule has 32 heavy (non-hydrogen) atoms. The predicted octanol–water partition coefficient (Wildman–Crippen LogP) is 2.55. The smallest absolute Gasteiger partial charge is 0.272 e. The van der Waals surface area contributed by atoms with Crippen LogP contribution in [0.15, 0.2) is 82.6 Å². The van der Waals surface area contributed by atoms with Gasteiger partial charge in [0.25, 0.3) is 11.1 Å². The van der Waals surface area contributed by atoms with Gasteiger partial charge in [-0.1, -0.05) is 12.1 Å². The van der Waals surface area contributed by atoms with Crippen LogP contribution >= 0.6 is 0 Å². The van der Waals surface area contributed by atoms with Crippen LogP contribution in [-0.2, 0) is 13.2 Å². The molecule has 0 aliphatic heterocycles. The van der Waals surface area contributed by atoms with Crippen LogP contribution in [-0.4, -0.2) is 29.0 Å². The van der Waals surface area contributed by atoms with Crippen LogP contribution in [0.5, 0.6) is 0 Å². The minimum absolute atomic E-state index is 0.0261. The van der Waals surface area contributed by atoms with Crippen molar-refractivity contribution in [2.45, 2.75) is 13.2 Å². The molecule has 0 saturated carbocycles. The van der Waals surface area contributed by atoms with Crippen LogP contribution in [0.4, 0.5) is 0 Å². The number of aromatic amines is 2. The Hall–Kier alpha value is -4.14. The molecule has 8 nitrogen and oxygen atoms in total. The Kier molecular flexibility index (Phi) is 4.85. The van der Waals surface area contributed by atoms with Crippen molar-refractivity contribution in [3.8, 4) is 0 Å². The van der Waals surface area contributed by atoms with E-state index in [9.17, 15) is 9.59 Å². The summed E-state index contributed by atoms with van der Waals surface area (Å²) in [7, 11) is 0. The highest BCUT2D eigenvalue weighted by molar-refractivity contribution is 5.79. The van der Waals surface area contributed by atoms with E-state index in [4.69, 9.17) is 10.2 Å². The lowest BCUT2D eigenvalue weighted by Crippen LogP contribution is -2.09. The molecule has 4 N–H and O–H groups in total. The van der Waals surface area contributed by atoms with Crippen LogP contribution in [0.3, 0.4) is 0 Å². The van der Waals surface area contributed by atoms with Gasteiger partial charge in [0.15, 0.2) is 0 Å². The molecule has 4 aromatic heterocycles. The van der Waals surface area contributed by atoms with Crippen molar-refractivity contribution in [1.29, 1.82) is 0 Å². The van der Waals surface area contributed by atoms with E-state index in [1.165, 1.54) is 0 Å². The van der Waals surface area contributed by atoms with Crippen LogP contribution < -0.4 is 11.1 Å². The molecule has 6 aromatic rings. The van der Waals surface area contributed by atoms with E-state index in [-0.39, 0.29) is 24.3 Å². The molecular weight excluding hydrogens is 408 g/mol. The summed E-state index contributed by atoms with van der Waals surface area (Å²) < 4.78 is 3.69. The number of benzene rings is 2. The molecule has 6 rings (SSSR count). The van der Waals surface area contributed by atoms with E-state index in [1.807, 2.05) is 57.6 Å². The Labute approximate surface area is 180 Å². The molecule has 0 radical (unpaired) electrons. The van der Waals surface area contributed by atoms with Crippen molar-refractivity contribution in [3.05, 3.63) is 105 Å². The lowest BCUT2D eigenvalue weighted by atomic mass is 10.2. The SMILES string of the molecule is O=c1[nH]c2cc(CO)ccc2n2cccc12.O=c1[nH]c2cc(CO)ccc2n2cccc12. The molecule has 0 unspecified atom stereocenters. The minimum atomic E-state index is -0.118. The maximum absolute atomic E-state index is 11.7. The third-order valence-corrected chi connectivity index (χ3v) is 5.47. The van der Waals surface area contributed by atoms with E-state index in [0.717, 1.165) is 33.2 Å². The third-order valence-electron chi connectivity index (χ3n) is 5.47. The van der Waals surface area contributed by atoms with E-state index in [1.54, 1.807) is 24.3 Å². The van der Waals surface area contributed by atoms with Crippen LogP contribution in [0.1, 0.15) is 11.1 Å². The van der Waals surface area contributed by atoms with Gasteiger partial charge >= 0.3 is 0 Å². The summed E-state index contributed by atoms with van der Waals surface area (Å²) >= 11 is 0. The number of hydrogen-bond donors (Lipinski definition) is 4. The van der Waals surface area contributed by atoms with Crippen molar-refractivity contribution in [3.63, 3.8) is 0 Å². The molecule has 0 aliphatic rings. The van der Waals surface area contributed by atoms with Crippen LogP contribution in [0.25, 0.3) is 33.1 Å². The Bertz CT molecular complexity index is 1580. The second kappa shape index (κ2) is 7.84. The summed E-state index contributed by atoms with van der Waals surface area (Å²) in [6.45, 7) is -0.0522. The number of hydrogen-bond acceptors (Lipinski definition) is 4. The molecule has 2 aromatic carbocycles. The summed E-state index contributed by atoms with van der Waals surface area (Å²) in [6, 6.07) is 18.3. The summed E-state index contributed by atoms with van der Waals surface area (Å²) in [5.74, 6) is 0. The zero-order chi connectivity index (χ0) is 22.2. The Morgan fingerprint density at radius 2 is 1.06 bits per heavy atom. The van der Waals surface area contributed by atoms with Crippen molar-refractivity contribution in [2.75, 3.05) is 0 Å². The molecule has 0 saturated heterocycles. The Morgan fingerprint density at radius 1 is 0.625 bits per heavy atom. The number of aromatic nitrogens is 4. The van der Waals surface area contributed by atoms with Crippen molar-refractivity contribution < 1.29 is 10.2 Å². The maximum Gasteiger partial charge on any atom is 0.272 e. The van der Waals surface area contributed by atoms with Gasteiger partial charge in [-0.25, -0.2) is 0 Å². The van der Waals surface area contributed by atoms with Gasteiger partial charge in [-0.05, 0) is 59.7 Å². The first-order chi connectivity index (χ1) is 15.6. The van der Waals surface area contributed by atoms with Crippen molar-refractivity contribution in [1.82, 2.24) is 18.8 Å². The fraction of sp³-hybridized carbons (Fsp3) is 0.0833. The van der Waals surface area contributed by atoms with Crippen LogP contribution in [0.2, 0.25) is 0 Å². The molecule has 0 fully saturated rings. The number of rotatable bonds is 2. The number of nitrogens with zero attached hydrogens (tertiary/aromatic N) is 2. The van der Waals surface area contributed by atoms with Gasteiger partial charge in [-0.15, -0.1) is 0 Å². The van der Waals surface area contributed by atoms with Crippen molar-refractivity contribution in [2.24, 2.45) is 0 Å². The highest BCUT2D eigenvalue weighted by Crippen LogP contribution is 2.15. The van der Waals surface area contributed by atoms with Gasteiger partial charge in [-0.3, -0.25) is 9.59 Å².